The van der Waals surface area contributed by atoms with Crippen LogP contribution in [0.2, 0.25) is 0 Å². The summed E-state index contributed by atoms with van der Waals surface area (Å²) >= 11 is 0. The number of piperazine rings is 1. The van der Waals surface area contributed by atoms with E-state index in [4.69, 9.17) is 9.26 Å². The third-order valence-electron chi connectivity index (χ3n) is 5.69. The monoisotopic (exact) mass is 419 g/mol. The topological polar surface area (TPSA) is 84.6 Å². The van der Waals surface area contributed by atoms with E-state index in [2.05, 4.69) is 20.0 Å². The molecule has 0 radical (unpaired) electrons. The van der Waals surface area contributed by atoms with Crippen molar-refractivity contribution < 1.29 is 14.1 Å². The van der Waals surface area contributed by atoms with E-state index in [1.165, 1.54) is 0 Å². The highest BCUT2D eigenvalue weighted by atomic mass is 16.5. The van der Waals surface area contributed by atoms with Crippen LogP contribution in [0.4, 0.5) is 5.82 Å². The predicted octanol–water partition coefficient (Wildman–Crippen LogP) is 3.13. The number of aromatic nitrogens is 3. The number of carbonyl (C=O) groups excluding carboxylic acids is 1. The lowest BCUT2D eigenvalue weighted by Gasteiger charge is -2.36. The van der Waals surface area contributed by atoms with Crippen molar-refractivity contribution in [2.24, 2.45) is 0 Å². The second kappa shape index (κ2) is 8.37. The number of hydrogen-bond donors (Lipinski definition) is 0. The first-order valence-electron chi connectivity index (χ1n) is 10.7. The summed E-state index contributed by atoms with van der Waals surface area (Å²) in [6.07, 6.45) is 3.53. The Morgan fingerprint density at radius 1 is 1.10 bits per heavy atom. The third-order valence-corrected chi connectivity index (χ3v) is 5.69. The molecule has 1 aliphatic heterocycles. The molecule has 1 saturated carbocycles. The summed E-state index contributed by atoms with van der Waals surface area (Å²) in [6.45, 7) is 4.53. The number of anilines is 1. The smallest absolute Gasteiger partial charge is 0.263 e. The van der Waals surface area contributed by atoms with Gasteiger partial charge in [-0.25, -0.2) is 4.98 Å². The predicted molar refractivity (Wildman–Crippen MR) is 115 cm³/mol. The Kier molecular flexibility index (Phi) is 5.28. The lowest BCUT2D eigenvalue weighted by Crippen LogP contribution is -2.52. The molecule has 3 heterocycles. The molecule has 1 aromatic carbocycles. The van der Waals surface area contributed by atoms with Crippen molar-refractivity contribution in [2.45, 2.75) is 31.8 Å². The summed E-state index contributed by atoms with van der Waals surface area (Å²) in [7, 11) is 0. The molecule has 160 valence electrons. The Morgan fingerprint density at radius 2 is 1.87 bits per heavy atom. The highest BCUT2D eigenvalue weighted by Crippen LogP contribution is 2.39. The van der Waals surface area contributed by atoms with Gasteiger partial charge in [0.05, 0.1) is 0 Å². The normalized spacial score (nSPS) is 17.5. The molecule has 0 spiro atoms. The molecule has 31 heavy (non-hydrogen) atoms. The van der Waals surface area contributed by atoms with Crippen molar-refractivity contribution in [1.29, 1.82) is 0 Å². The summed E-state index contributed by atoms with van der Waals surface area (Å²) < 4.78 is 11.1. The number of pyridine rings is 1. The summed E-state index contributed by atoms with van der Waals surface area (Å²) in [5.74, 6) is 3.35. The number of ether oxygens (including phenoxy) is 1. The average Bonchev–Trinajstić information content (AvgIpc) is 3.56. The van der Waals surface area contributed by atoms with Gasteiger partial charge in [-0.1, -0.05) is 23.4 Å². The Morgan fingerprint density at radius 3 is 2.55 bits per heavy atom. The van der Waals surface area contributed by atoms with Gasteiger partial charge in [-0.15, -0.1) is 0 Å². The van der Waals surface area contributed by atoms with E-state index < -0.39 is 6.10 Å². The van der Waals surface area contributed by atoms with Crippen molar-refractivity contribution >= 4 is 11.7 Å². The lowest BCUT2D eigenvalue weighted by atomic mass is 10.2. The Labute approximate surface area is 180 Å². The number of amides is 1. The quantitative estimate of drug-likeness (QED) is 0.607. The standard InChI is InChI=1S/C23H25N5O3/c1-16(30-19-5-3-2-4-6-19)23(29)28-13-11-27(12-14-28)20-10-9-18(15-24-20)21-25-22(31-26-21)17-7-8-17/h2-6,9-10,15-17H,7-8,11-14H2,1H3. The number of nitrogens with zero attached hydrogens (tertiary/aromatic N) is 5. The van der Waals surface area contributed by atoms with Gasteiger partial charge in [0.15, 0.2) is 6.10 Å². The van der Waals surface area contributed by atoms with Crippen molar-refractivity contribution in [2.75, 3.05) is 31.1 Å². The molecule has 1 atom stereocenters. The minimum absolute atomic E-state index is 0.00961. The minimum Gasteiger partial charge on any atom is -0.481 e. The Balaban J connectivity index is 1.16. The van der Waals surface area contributed by atoms with E-state index in [1.54, 1.807) is 13.1 Å². The summed E-state index contributed by atoms with van der Waals surface area (Å²) in [5.41, 5.74) is 0.847. The molecule has 8 nitrogen and oxygen atoms in total. The summed E-state index contributed by atoms with van der Waals surface area (Å²) in [5, 5.41) is 4.07. The zero-order valence-corrected chi connectivity index (χ0v) is 17.5. The number of rotatable bonds is 6. The van der Waals surface area contributed by atoms with E-state index in [-0.39, 0.29) is 5.91 Å². The molecule has 2 aromatic heterocycles. The Bertz CT molecular complexity index is 1020. The van der Waals surface area contributed by atoms with Crippen LogP contribution in [0.15, 0.2) is 53.2 Å². The second-order valence-corrected chi connectivity index (χ2v) is 8.02. The van der Waals surface area contributed by atoms with Crippen LogP contribution in [0, 0.1) is 0 Å². The van der Waals surface area contributed by atoms with Crippen molar-refractivity contribution in [1.82, 2.24) is 20.0 Å². The fourth-order valence-corrected chi connectivity index (χ4v) is 3.72. The van der Waals surface area contributed by atoms with Crippen molar-refractivity contribution in [3.8, 4) is 17.1 Å². The van der Waals surface area contributed by atoms with Gasteiger partial charge < -0.3 is 19.1 Å². The van der Waals surface area contributed by atoms with Gasteiger partial charge in [0, 0.05) is 43.9 Å². The minimum atomic E-state index is -0.512. The maximum atomic E-state index is 12.7. The van der Waals surface area contributed by atoms with E-state index in [1.807, 2.05) is 47.4 Å². The summed E-state index contributed by atoms with van der Waals surface area (Å²) in [4.78, 5) is 25.8. The molecule has 1 saturated heterocycles. The third kappa shape index (κ3) is 4.38. The van der Waals surface area contributed by atoms with Crippen molar-refractivity contribution in [3.05, 3.63) is 54.6 Å². The molecule has 5 rings (SSSR count). The molecule has 2 aliphatic rings. The zero-order chi connectivity index (χ0) is 21.2. The van der Waals surface area contributed by atoms with Crippen LogP contribution in [0.25, 0.3) is 11.4 Å². The second-order valence-electron chi connectivity index (χ2n) is 8.02. The molecule has 1 aliphatic carbocycles. The van der Waals surface area contributed by atoms with Crippen LogP contribution in [-0.2, 0) is 4.79 Å². The molecular weight excluding hydrogens is 394 g/mol. The molecule has 3 aromatic rings. The molecule has 1 unspecified atom stereocenters. The molecular formula is C23H25N5O3. The number of para-hydroxylation sites is 1. The average molecular weight is 419 g/mol. The van der Waals surface area contributed by atoms with Gasteiger partial charge in [-0.3, -0.25) is 4.79 Å². The summed E-state index contributed by atoms with van der Waals surface area (Å²) in [6, 6.07) is 13.4. The Hall–Kier alpha value is -3.42. The van der Waals surface area contributed by atoms with E-state index in [0.29, 0.717) is 30.6 Å². The van der Waals surface area contributed by atoms with Crippen LogP contribution >= 0.6 is 0 Å². The first-order chi connectivity index (χ1) is 15.2. The lowest BCUT2D eigenvalue weighted by molar-refractivity contribution is -0.138. The van der Waals surface area contributed by atoms with E-state index >= 15 is 0 Å². The first kappa shape index (κ1) is 19.5. The maximum absolute atomic E-state index is 12.7. The SMILES string of the molecule is CC(Oc1ccccc1)C(=O)N1CCN(c2ccc(-c3noc(C4CC4)n3)cn2)CC1. The number of benzene rings is 1. The van der Waals surface area contributed by atoms with Crippen LogP contribution in [-0.4, -0.2) is 58.2 Å². The van der Waals surface area contributed by atoms with Crippen LogP contribution in [0.1, 0.15) is 31.6 Å². The fourth-order valence-electron chi connectivity index (χ4n) is 3.72. The fraction of sp³-hybridized carbons (Fsp3) is 0.391. The molecule has 0 N–H and O–H groups in total. The molecule has 1 amide bonds. The highest BCUT2D eigenvalue weighted by Gasteiger charge is 2.30. The van der Waals surface area contributed by atoms with Crippen LogP contribution in [0.5, 0.6) is 5.75 Å². The van der Waals surface area contributed by atoms with Gasteiger partial charge in [-0.2, -0.15) is 4.98 Å². The van der Waals surface area contributed by atoms with Crippen LogP contribution < -0.4 is 9.64 Å². The van der Waals surface area contributed by atoms with Gasteiger partial charge in [0.25, 0.3) is 5.91 Å². The van der Waals surface area contributed by atoms with Gasteiger partial charge in [-0.05, 0) is 44.0 Å². The van der Waals surface area contributed by atoms with Gasteiger partial charge in [0.1, 0.15) is 11.6 Å². The first-order valence-corrected chi connectivity index (χ1v) is 10.7. The molecule has 2 fully saturated rings. The van der Waals surface area contributed by atoms with E-state index in [0.717, 1.165) is 43.2 Å². The number of hydrogen-bond acceptors (Lipinski definition) is 7. The largest absolute Gasteiger partial charge is 0.481 e. The maximum Gasteiger partial charge on any atom is 0.263 e. The molecule has 0 bridgehead atoms. The van der Waals surface area contributed by atoms with E-state index in [9.17, 15) is 4.79 Å². The van der Waals surface area contributed by atoms with Crippen molar-refractivity contribution in [3.63, 3.8) is 0 Å². The highest BCUT2D eigenvalue weighted by molar-refractivity contribution is 5.81. The van der Waals surface area contributed by atoms with Gasteiger partial charge >= 0.3 is 0 Å². The number of carbonyl (C=O) groups is 1. The van der Waals surface area contributed by atoms with Gasteiger partial charge in [0.2, 0.25) is 11.7 Å². The van der Waals surface area contributed by atoms with Crippen LogP contribution in [0.3, 0.4) is 0 Å². The zero-order valence-electron chi connectivity index (χ0n) is 17.5. The molecule has 8 heteroatoms.